The second kappa shape index (κ2) is 2.88. The molecule has 1 aromatic rings. The lowest BCUT2D eigenvalue weighted by Crippen LogP contribution is -2.54. The largest absolute Gasteiger partial charge is 0.361 e. The predicted molar refractivity (Wildman–Crippen MR) is 54.4 cm³/mol. The molecule has 3 heterocycles. The van der Waals surface area contributed by atoms with Crippen LogP contribution in [0.15, 0.2) is 30.3 Å². The van der Waals surface area contributed by atoms with E-state index in [0.717, 1.165) is 5.56 Å². The molecule has 3 aliphatic rings. The van der Waals surface area contributed by atoms with Crippen LogP contribution in [0.4, 0.5) is 0 Å². The zero-order valence-electron chi connectivity index (χ0n) is 9.34. The molecule has 3 fully saturated rings. The van der Waals surface area contributed by atoms with E-state index in [2.05, 4.69) is 0 Å². The average molecular weight is 236 g/mol. The minimum Gasteiger partial charge on any atom is -0.361 e. The number of hydrogen-bond donors (Lipinski definition) is 0. The molecule has 3 atom stereocenters. The predicted octanol–water partition coefficient (Wildman–Crippen LogP) is 1.29. The smallest absolute Gasteiger partial charge is 0.343 e. The number of benzene rings is 1. The van der Waals surface area contributed by atoms with E-state index in [4.69, 9.17) is 24.0 Å². The SMILES string of the molecule is CC12OOC(c3ccccc3)(OCC13CO3)O2. The van der Waals surface area contributed by atoms with Gasteiger partial charge in [-0.25, -0.2) is 0 Å². The van der Waals surface area contributed by atoms with E-state index < -0.39 is 17.4 Å². The van der Waals surface area contributed by atoms with Crippen LogP contribution in [0.3, 0.4) is 0 Å². The molecule has 17 heavy (non-hydrogen) atoms. The topological polar surface area (TPSA) is 49.5 Å². The molecular formula is C12H12O5. The highest BCUT2D eigenvalue weighted by Crippen LogP contribution is 2.56. The molecule has 0 radical (unpaired) electrons. The Morgan fingerprint density at radius 3 is 2.41 bits per heavy atom. The van der Waals surface area contributed by atoms with Gasteiger partial charge in [-0.3, -0.25) is 4.74 Å². The van der Waals surface area contributed by atoms with E-state index in [1.54, 1.807) is 0 Å². The average Bonchev–Trinajstić information content (AvgIpc) is 3.09. The van der Waals surface area contributed by atoms with Crippen molar-refractivity contribution in [2.24, 2.45) is 0 Å². The van der Waals surface area contributed by atoms with Crippen molar-refractivity contribution in [1.82, 2.24) is 0 Å². The first-order valence-electron chi connectivity index (χ1n) is 5.59. The molecule has 0 amide bonds. The molecule has 1 aromatic carbocycles. The lowest BCUT2D eigenvalue weighted by Gasteiger charge is -2.36. The van der Waals surface area contributed by atoms with Crippen molar-refractivity contribution >= 4 is 0 Å². The monoisotopic (exact) mass is 236 g/mol. The molecule has 5 nitrogen and oxygen atoms in total. The molecule has 3 saturated heterocycles. The highest BCUT2D eigenvalue weighted by molar-refractivity contribution is 5.21. The van der Waals surface area contributed by atoms with Gasteiger partial charge in [-0.2, -0.15) is 9.78 Å². The molecule has 3 unspecified atom stereocenters. The Kier molecular flexibility index (Phi) is 1.69. The number of epoxide rings is 1. The highest BCUT2D eigenvalue weighted by Gasteiger charge is 2.74. The molecular weight excluding hydrogens is 224 g/mol. The fourth-order valence-corrected chi connectivity index (χ4v) is 2.26. The highest BCUT2D eigenvalue weighted by atomic mass is 17.3. The number of ether oxygens (including phenoxy) is 3. The van der Waals surface area contributed by atoms with Crippen molar-refractivity contribution in [2.75, 3.05) is 13.2 Å². The van der Waals surface area contributed by atoms with E-state index in [0.29, 0.717) is 13.2 Å². The van der Waals surface area contributed by atoms with Gasteiger partial charge in [0.2, 0.25) is 5.79 Å². The third kappa shape index (κ3) is 1.15. The van der Waals surface area contributed by atoms with Crippen LogP contribution in [-0.2, 0) is 30.0 Å². The number of fused-ring (bicyclic) bond motifs is 3. The van der Waals surface area contributed by atoms with Gasteiger partial charge in [0.05, 0.1) is 13.2 Å². The lowest BCUT2D eigenvalue weighted by atomic mass is 10.0. The van der Waals surface area contributed by atoms with Gasteiger partial charge in [-0.1, -0.05) is 30.3 Å². The molecule has 0 N–H and O–H groups in total. The van der Waals surface area contributed by atoms with E-state index in [1.165, 1.54) is 0 Å². The Balaban J connectivity index is 1.74. The maximum absolute atomic E-state index is 5.84. The van der Waals surface area contributed by atoms with Crippen LogP contribution in [0.1, 0.15) is 12.5 Å². The Morgan fingerprint density at radius 1 is 1.00 bits per heavy atom. The summed E-state index contributed by atoms with van der Waals surface area (Å²) in [7, 11) is 0. The molecule has 90 valence electrons. The van der Waals surface area contributed by atoms with E-state index in [-0.39, 0.29) is 0 Å². The van der Waals surface area contributed by atoms with Crippen LogP contribution < -0.4 is 0 Å². The first kappa shape index (κ1) is 9.99. The number of hydrogen-bond acceptors (Lipinski definition) is 5. The van der Waals surface area contributed by atoms with E-state index >= 15 is 0 Å². The van der Waals surface area contributed by atoms with Gasteiger partial charge in [0.25, 0.3) is 0 Å². The quantitative estimate of drug-likeness (QED) is 0.543. The van der Waals surface area contributed by atoms with Gasteiger partial charge in [0.15, 0.2) is 5.60 Å². The Bertz CT molecular complexity index is 457. The summed E-state index contributed by atoms with van der Waals surface area (Å²) >= 11 is 0. The fourth-order valence-electron chi connectivity index (χ4n) is 2.26. The third-order valence-electron chi connectivity index (χ3n) is 3.58. The van der Waals surface area contributed by atoms with Gasteiger partial charge in [-0.05, 0) is 6.92 Å². The lowest BCUT2D eigenvalue weighted by molar-refractivity contribution is -0.422. The maximum Gasteiger partial charge on any atom is 0.343 e. The van der Waals surface area contributed by atoms with Crippen LogP contribution in [0.5, 0.6) is 0 Å². The minimum absolute atomic E-state index is 0.401. The van der Waals surface area contributed by atoms with Gasteiger partial charge < -0.3 is 9.47 Å². The van der Waals surface area contributed by atoms with Crippen molar-refractivity contribution in [3.05, 3.63) is 35.9 Å². The minimum atomic E-state index is -1.26. The van der Waals surface area contributed by atoms with Crippen LogP contribution in [0.25, 0.3) is 0 Å². The molecule has 0 aliphatic carbocycles. The second-order valence-corrected chi connectivity index (χ2v) is 4.71. The maximum atomic E-state index is 5.84. The molecule has 4 rings (SSSR count). The Hall–Kier alpha value is -0.980. The second-order valence-electron chi connectivity index (χ2n) is 4.71. The van der Waals surface area contributed by atoms with Crippen LogP contribution in [0, 0.1) is 0 Å². The molecule has 2 bridgehead atoms. The van der Waals surface area contributed by atoms with E-state index in [9.17, 15) is 0 Å². The molecule has 1 spiro atoms. The van der Waals surface area contributed by atoms with Gasteiger partial charge in [0.1, 0.15) is 0 Å². The van der Waals surface area contributed by atoms with Crippen molar-refractivity contribution in [3.63, 3.8) is 0 Å². The van der Waals surface area contributed by atoms with Crippen molar-refractivity contribution in [3.8, 4) is 0 Å². The van der Waals surface area contributed by atoms with Crippen molar-refractivity contribution in [2.45, 2.75) is 24.3 Å². The van der Waals surface area contributed by atoms with Gasteiger partial charge in [-0.15, -0.1) is 0 Å². The molecule has 3 aliphatic heterocycles. The van der Waals surface area contributed by atoms with Crippen molar-refractivity contribution < 1.29 is 24.0 Å². The summed E-state index contributed by atoms with van der Waals surface area (Å²) in [5.74, 6) is -2.16. The van der Waals surface area contributed by atoms with Crippen LogP contribution in [-0.4, -0.2) is 24.6 Å². The summed E-state index contributed by atoms with van der Waals surface area (Å²) in [5, 5.41) is 0. The summed E-state index contributed by atoms with van der Waals surface area (Å²) in [6.45, 7) is 2.78. The molecule has 0 saturated carbocycles. The van der Waals surface area contributed by atoms with Crippen LogP contribution >= 0.6 is 0 Å². The fraction of sp³-hybridized carbons (Fsp3) is 0.500. The van der Waals surface area contributed by atoms with Crippen molar-refractivity contribution in [1.29, 1.82) is 0 Å². The summed E-state index contributed by atoms with van der Waals surface area (Å²) in [5.41, 5.74) is 0.265. The first-order chi connectivity index (χ1) is 8.18. The Morgan fingerprint density at radius 2 is 1.71 bits per heavy atom. The molecule has 5 heteroatoms. The zero-order chi connectivity index (χ0) is 11.6. The summed E-state index contributed by atoms with van der Waals surface area (Å²) in [6.07, 6.45) is 0. The van der Waals surface area contributed by atoms with E-state index in [1.807, 2.05) is 37.3 Å². The molecule has 0 aromatic heterocycles. The number of rotatable bonds is 1. The summed E-state index contributed by atoms with van der Waals surface area (Å²) in [4.78, 5) is 10.6. The van der Waals surface area contributed by atoms with Gasteiger partial charge in [0, 0.05) is 5.56 Å². The Labute approximate surface area is 98.1 Å². The third-order valence-corrected chi connectivity index (χ3v) is 3.58. The first-order valence-corrected chi connectivity index (χ1v) is 5.59. The van der Waals surface area contributed by atoms with Gasteiger partial charge >= 0.3 is 5.97 Å². The zero-order valence-corrected chi connectivity index (χ0v) is 9.34. The summed E-state index contributed by atoms with van der Waals surface area (Å²) < 4.78 is 16.9. The standard InChI is InChI=1S/C12H12O5/c1-10-11(7-13-11)8-14-12(15-10,17-16-10)9-5-3-2-4-6-9/h2-6H,7-8H2,1H3. The normalized spacial score (nSPS) is 47.4. The van der Waals surface area contributed by atoms with Crippen LogP contribution in [0.2, 0.25) is 0 Å². The summed E-state index contributed by atoms with van der Waals surface area (Å²) in [6, 6.07) is 9.47.